The number of halogens is 1. The second-order valence-corrected chi connectivity index (χ2v) is 16.1. The highest BCUT2D eigenvalue weighted by molar-refractivity contribution is 8.02. The quantitative estimate of drug-likeness (QED) is 0.0563. The molecule has 7 rings (SSSR count). The summed E-state index contributed by atoms with van der Waals surface area (Å²) in [5.41, 5.74) is 1.44. The molecule has 1 unspecified atom stereocenters. The monoisotopic (exact) mass is 805 g/mol. The van der Waals surface area contributed by atoms with E-state index in [9.17, 15) is 42.4 Å². The molecule has 3 aliphatic rings. The first-order valence-corrected chi connectivity index (χ1v) is 19.5. The molecule has 3 fully saturated rings. The third-order valence-electron chi connectivity index (χ3n) is 9.37. The summed E-state index contributed by atoms with van der Waals surface area (Å²) in [6.07, 6.45) is 0.585. The first kappa shape index (κ1) is 37.7. The van der Waals surface area contributed by atoms with Crippen LogP contribution >= 0.6 is 23.4 Å². The van der Waals surface area contributed by atoms with Crippen LogP contribution in [0.1, 0.15) is 33.6 Å². The molecule has 0 saturated carbocycles. The molecule has 0 aliphatic carbocycles. The van der Waals surface area contributed by atoms with Crippen molar-refractivity contribution in [3.8, 4) is 11.5 Å². The predicted molar refractivity (Wildman–Crippen MR) is 200 cm³/mol. The van der Waals surface area contributed by atoms with Crippen molar-refractivity contribution in [2.75, 3.05) is 19.6 Å². The minimum absolute atomic E-state index is 0.00779. The maximum Gasteiger partial charge on any atom is 0.345 e. The summed E-state index contributed by atoms with van der Waals surface area (Å²) in [6.45, 7) is -0.245. The SMILES string of the molecule is O=C(N[C@@H]1C(=O)N2C[C@@](C(=O)OC(c3ccccc3)c3ccccc3)(N3CCN(/N=C/c4ccccc4)C3=O)S[C@H]12)C(c1cc(O)c(O)cc1Cl)S(=O)(=O)O. The number of thioether (sulfide) groups is 1. The van der Waals surface area contributed by atoms with E-state index in [0.717, 1.165) is 23.4 Å². The lowest BCUT2D eigenvalue weighted by Gasteiger charge is -2.41. The zero-order valence-corrected chi connectivity index (χ0v) is 30.9. The van der Waals surface area contributed by atoms with Crippen LogP contribution in [-0.2, 0) is 29.2 Å². The van der Waals surface area contributed by atoms with Gasteiger partial charge in [-0.3, -0.25) is 19.0 Å². The summed E-state index contributed by atoms with van der Waals surface area (Å²) in [5, 5.41) is 23.8. The number of hydrogen-bond acceptors (Lipinski definition) is 11. The molecule has 18 heteroatoms. The number of rotatable bonds is 11. The molecule has 4 atom stereocenters. The number of carbonyl (C=O) groups is 4. The van der Waals surface area contributed by atoms with E-state index in [2.05, 4.69) is 10.4 Å². The van der Waals surface area contributed by atoms with Gasteiger partial charge in [0.2, 0.25) is 16.7 Å². The molecular weight excluding hydrogens is 774 g/mol. The van der Waals surface area contributed by atoms with E-state index in [1.54, 1.807) is 60.7 Å². The summed E-state index contributed by atoms with van der Waals surface area (Å²) in [5.74, 6) is -4.46. The van der Waals surface area contributed by atoms with Crippen molar-refractivity contribution in [2.24, 2.45) is 5.10 Å². The summed E-state index contributed by atoms with van der Waals surface area (Å²) >= 11 is 6.97. The molecule has 0 spiro atoms. The highest BCUT2D eigenvalue weighted by Gasteiger charge is 2.67. The third kappa shape index (κ3) is 7.18. The van der Waals surface area contributed by atoms with Crippen LogP contribution in [0, 0.1) is 0 Å². The van der Waals surface area contributed by atoms with Gasteiger partial charge in [0.15, 0.2) is 22.9 Å². The van der Waals surface area contributed by atoms with E-state index in [-0.39, 0.29) is 19.6 Å². The smallest absolute Gasteiger partial charge is 0.345 e. The average Bonchev–Trinajstić information content (AvgIpc) is 3.73. The molecule has 4 N–H and O–H groups in total. The molecule has 4 aromatic rings. The van der Waals surface area contributed by atoms with E-state index in [0.29, 0.717) is 17.2 Å². The number of ether oxygens (including phenoxy) is 1. The van der Waals surface area contributed by atoms with Crippen LogP contribution in [0.3, 0.4) is 0 Å². The second kappa shape index (κ2) is 14.9. The van der Waals surface area contributed by atoms with E-state index in [1.807, 2.05) is 30.3 Å². The summed E-state index contributed by atoms with van der Waals surface area (Å²) in [6, 6.07) is 26.4. The van der Waals surface area contributed by atoms with Crippen LogP contribution in [0.5, 0.6) is 11.5 Å². The number of nitrogens with one attached hydrogen (secondary N) is 1. The van der Waals surface area contributed by atoms with Gasteiger partial charge in [-0.25, -0.2) is 14.6 Å². The van der Waals surface area contributed by atoms with Gasteiger partial charge in [0.1, 0.15) is 11.4 Å². The largest absolute Gasteiger partial charge is 0.504 e. The van der Waals surface area contributed by atoms with Gasteiger partial charge in [-0.2, -0.15) is 13.5 Å². The van der Waals surface area contributed by atoms with Crippen molar-refractivity contribution < 1.29 is 47.1 Å². The Morgan fingerprint density at radius 2 is 1.51 bits per heavy atom. The van der Waals surface area contributed by atoms with Gasteiger partial charge in [-0.1, -0.05) is 114 Å². The second-order valence-electron chi connectivity index (χ2n) is 12.8. The molecule has 284 valence electrons. The highest BCUT2D eigenvalue weighted by atomic mass is 35.5. The maximum atomic E-state index is 14.7. The Balaban J connectivity index is 1.21. The number of hydrazone groups is 1. The topological polar surface area (TPSA) is 206 Å². The van der Waals surface area contributed by atoms with Gasteiger partial charge >= 0.3 is 12.0 Å². The third-order valence-corrected chi connectivity index (χ3v) is 12.4. The molecule has 3 heterocycles. The van der Waals surface area contributed by atoms with E-state index < -0.39 is 83.7 Å². The molecule has 55 heavy (non-hydrogen) atoms. The number of urea groups is 1. The van der Waals surface area contributed by atoms with Gasteiger partial charge in [-0.05, 0) is 22.8 Å². The van der Waals surface area contributed by atoms with E-state index in [4.69, 9.17) is 16.3 Å². The van der Waals surface area contributed by atoms with Gasteiger partial charge < -0.3 is 25.2 Å². The number of hydrogen-bond donors (Lipinski definition) is 4. The molecule has 3 saturated heterocycles. The first-order valence-electron chi connectivity index (χ1n) is 16.7. The van der Waals surface area contributed by atoms with Crippen molar-refractivity contribution in [3.63, 3.8) is 0 Å². The Morgan fingerprint density at radius 1 is 0.927 bits per heavy atom. The number of amides is 4. The number of carbonyl (C=O) groups excluding carboxylic acids is 4. The molecule has 4 amide bonds. The fraction of sp³-hybridized carbons (Fsp3) is 0.216. The summed E-state index contributed by atoms with van der Waals surface area (Å²) in [4.78, 5) is 56.7. The van der Waals surface area contributed by atoms with Crippen molar-refractivity contribution in [2.45, 2.75) is 27.6 Å². The maximum absolute atomic E-state index is 14.7. The number of aromatic hydroxyl groups is 2. The summed E-state index contributed by atoms with van der Waals surface area (Å²) in [7, 11) is -5.26. The number of fused-ring (bicyclic) bond motifs is 1. The lowest BCUT2D eigenvalue weighted by Crippen LogP contribution is -2.68. The van der Waals surface area contributed by atoms with E-state index in [1.165, 1.54) is 21.0 Å². The Kier molecular flexibility index (Phi) is 10.2. The van der Waals surface area contributed by atoms with Gasteiger partial charge in [0, 0.05) is 23.2 Å². The molecule has 15 nitrogen and oxygen atoms in total. The highest BCUT2D eigenvalue weighted by Crippen LogP contribution is 2.51. The van der Waals surface area contributed by atoms with Crippen LogP contribution in [0.2, 0.25) is 5.02 Å². The molecule has 3 aliphatic heterocycles. The van der Waals surface area contributed by atoms with Gasteiger partial charge in [-0.15, -0.1) is 0 Å². The van der Waals surface area contributed by atoms with Crippen molar-refractivity contribution in [1.29, 1.82) is 0 Å². The van der Waals surface area contributed by atoms with E-state index >= 15 is 0 Å². The standard InChI is InChI=1S/C37H32ClN5O10S2/c38-26-19-28(45)27(44)18-25(26)31(55(50,51)52)32(46)40-29-33(47)41-21-37(54-34(29)41,42-16-17-43(36(42)49)39-20-22-10-4-1-5-11-22)35(48)53-30(23-12-6-2-7-13-23)24-14-8-3-9-15-24/h1-15,18-20,29-31,34,44-45H,16-17,21H2,(H,40,46)(H,50,51,52)/b39-20+/t29-,31?,34-,37-/m1/s1. The van der Waals surface area contributed by atoms with Crippen molar-refractivity contribution in [3.05, 3.63) is 130 Å². The van der Waals surface area contributed by atoms with Crippen LogP contribution in [-0.4, -0.2) is 104 Å². The Morgan fingerprint density at radius 3 is 2.11 bits per heavy atom. The number of nitrogens with zero attached hydrogens (tertiary/aromatic N) is 4. The van der Waals surface area contributed by atoms with Crippen LogP contribution in [0.15, 0.2) is 108 Å². The lowest BCUT2D eigenvalue weighted by molar-refractivity contribution is -0.157. The number of β-lactam (4-membered cyclic amide) rings is 1. The van der Waals surface area contributed by atoms with Gasteiger partial charge in [0.25, 0.3) is 10.1 Å². The fourth-order valence-electron chi connectivity index (χ4n) is 6.66. The molecule has 0 aromatic heterocycles. The zero-order valence-electron chi connectivity index (χ0n) is 28.5. The fourth-order valence-corrected chi connectivity index (χ4v) is 9.52. The number of phenolic OH excluding ortho intramolecular Hbond substituents is 2. The van der Waals surface area contributed by atoms with Crippen molar-refractivity contribution >= 4 is 63.5 Å². The minimum atomic E-state index is -5.26. The molecule has 4 aromatic carbocycles. The molecule has 0 bridgehead atoms. The molecular formula is C37H32ClN5O10S2. The lowest BCUT2D eigenvalue weighted by atomic mass is 10.0. The average molecular weight is 806 g/mol. The number of phenols is 2. The van der Waals surface area contributed by atoms with Crippen LogP contribution in [0.25, 0.3) is 0 Å². The molecule has 0 radical (unpaired) electrons. The Hall–Kier alpha value is -5.62. The zero-order chi connectivity index (χ0) is 39.1. The minimum Gasteiger partial charge on any atom is -0.504 e. The predicted octanol–water partition coefficient (Wildman–Crippen LogP) is 3.88. The Labute approximate surface area is 323 Å². The first-order chi connectivity index (χ1) is 26.3. The Bertz CT molecular complexity index is 2250. The van der Waals surface area contributed by atoms with Crippen LogP contribution in [0.4, 0.5) is 4.79 Å². The summed E-state index contributed by atoms with van der Waals surface area (Å²) < 4.78 is 41.4. The number of benzene rings is 4. The van der Waals surface area contributed by atoms with Gasteiger partial charge in [0.05, 0.1) is 19.3 Å². The van der Waals surface area contributed by atoms with Crippen molar-refractivity contribution in [1.82, 2.24) is 20.1 Å². The normalized spacial score (nSPS) is 21.5. The van der Waals surface area contributed by atoms with Crippen LogP contribution < -0.4 is 5.32 Å². The number of esters is 1.